The molecule has 0 radical (unpaired) electrons. The summed E-state index contributed by atoms with van der Waals surface area (Å²) >= 11 is 0. The molecule has 6 nitrogen and oxygen atoms in total. The summed E-state index contributed by atoms with van der Waals surface area (Å²) in [5.74, 6) is -0.0880. The molecule has 1 atom stereocenters. The van der Waals surface area contributed by atoms with Crippen LogP contribution in [0.3, 0.4) is 0 Å². The molecular formula is C13H16N2O4S. The Morgan fingerprint density at radius 2 is 2.20 bits per heavy atom. The summed E-state index contributed by atoms with van der Waals surface area (Å²) in [5.41, 5.74) is 7.03. The Hall–Kier alpha value is -1.60. The summed E-state index contributed by atoms with van der Waals surface area (Å²) in [7, 11) is -3.58. The summed E-state index contributed by atoms with van der Waals surface area (Å²) in [5, 5.41) is -0.257. The molecule has 1 unspecified atom stereocenters. The van der Waals surface area contributed by atoms with Gasteiger partial charge in [-0.1, -0.05) is 0 Å². The van der Waals surface area contributed by atoms with Gasteiger partial charge in [0.25, 0.3) is 0 Å². The summed E-state index contributed by atoms with van der Waals surface area (Å²) in [4.78, 5) is 4.02. The average molecular weight is 296 g/mol. The minimum atomic E-state index is -3.58. The number of sulfone groups is 1. The fourth-order valence-electron chi connectivity index (χ4n) is 2.31. The van der Waals surface area contributed by atoms with Gasteiger partial charge in [0.1, 0.15) is 5.52 Å². The maximum absolute atomic E-state index is 12.3. The van der Waals surface area contributed by atoms with Crippen LogP contribution in [0.2, 0.25) is 0 Å². The molecular weight excluding hydrogens is 280 g/mol. The van der Waals surface area contributed by atoms with Gasteiger partial charge in [0, 0.05) is 12.3 Å². The minimum absolute atomic E-state index is 0.0880. The lowest BCUT2D eigenvalue weighted by Gasteiger charge is -2.21. The average Bonchev–Trinajstić information content (AvgIpc) is 2.83. The van der Waals surface area contributed by atoms with Crippen LogP contribution in [0.15, 0.2) is 27.8 Å². The predicted molar refractivity (Wildman–Crippen MR) is 74.1 cm³/mol. The van der Waals surface area contributed by atoms with Crippen molar-refractivity contribution in [3.05, 3.63) is 18.2 Å². The molecule has 0 bridgehead atoms. The summed E-state index contributed by atoms with van der Waals surface area (Å²) < 4.78 is 35.4. The predicted octanol–water partition coefficient (Wildman–Crippen LogP) is 1.75. The molecule has 1 saturated heterocycles. The van der Waals surface area contributed by atoms with E-state index >= 15 is 0 Å². The molecule has 1 aromatic carbocycles. The van der Waals surface area contributed by atoms with Crippen LogP contribution < -0.4 is 5.73 Å². The zero-order valence-electron chi connectivity index (χ0n) is 10.9. The highest BCUT2D eigenvalue weighted by molar-refractivity contribution is 7.91. The first-order chi connectivity index (χ1) is 9.54. The Morgan fingerprint density at radius 3 is 2.95 bits per heavy atom. The number of anilines is 1. The number of hydrogen-bond acceptors (Lipinski definition) is 6. The zero-order valence-corrected chi connectivity index (χ0v) is 11.7. The lowest BCUT2D eigenvalue weighted by Crippen LogP contribution is -2.27. The van der Waals surface area contributed by atoms with Gasteiger partial charge in [-0.15, -0.1) is 0 Å². The molecule has 0 aliphatic carbocycles. The fraction of sp³-hybridized carbons (Fsp3) is 0.462. The van der Waals surface area contributed by atoms with E-state index in [0.717, 1.165) is 19.3 Å². The molecule has 0 spiro atoms. The highest BCUT2D eigenvalue weighted by Crippen LogP contribution is 2.23. The van der Waals surface area contributed by atoms with Gasteiger partial charge in [-0.05, 0) is 37.5 Å². The van der Waals surface area contributed by atoms with Gasteiger partial charge in [-0.3, -0.25) is 0 Å². The van der Waals surface area contributed by atoms with Crippen LogP contribution in [-0.4, -0.2) is 31.9 Å². The van der Waals surface area contributed by atoms with Crippen LogP contribution in [0.25, 0.3) is 11.1 Å². The van der Waals surface area contributed by atoms with E-state index in [1.807, 2.05) is 0 Å². The van der Waals surface area contributed by atoms with Crippen molar-refractivity contribution in [1.29, 1.82) is 0 Å². The molecule has 2 aromatic rings. The number of fused-ring (bicyclic) bond motifs is 1. The summed E-state index contributed by atoms with van der Waals surface area (Å²) in [6.07, 6.45) is 2.46. The molecule has 1 aliphatic rings. The largest absolute Gasteiger partial charge is 0.428 e. The van der Waals surface area contributed by atoms with Gasteiger partial charge in [-0.25, -0.2) is 8.42 Å². The maximum Gasteiger partial charge on any atom is 0.316 e. The number of hydrogen-bond donors (Lipinski definition) is 1. The smallest absolute Gasteiger partial charge is 0.316 e. The number of ether oxygens (including phenoxy) is 1. The van der Waals surface area contributed by atoms with E-state index in [9.17, 15) is 8.42 Å². The van der Waals surface area contributed by atoms with Gasteiger partial charge in [0.2, 0.25) is 9.84 Å². The van der Waals surface area contributed by atoms with E-state index < -0.39 is 9.84 Å². The molecule has 1 fully saturated rings. The quantitative estimate of drug-likeness (QED) is 0.867. The number of aromatic nitrogens is 1. The molecule has 20 heavy (non-hydrogen) atoms. The second-order valence-corrected chi connectivity index (χ2v) is 6.89. The maximum atomic E-state index is 12.3. The molecule has 0 saturated carbocycles. The van der Waals surface area contributed by atoms with Crippen LogP contribution >= 0.6 is 0 Å². The standard InChI is InChI=1S/C13H16N2O4S/c14-9-4-5-12-11(7-9)15-13(19-12)20(16,17)8-10-3-1-2-6-18-10/h4-5,7,10H,1-3,6,8,14H2. The van der Waals surface area contributed by atoms with Crippen molar-refractivity contribution >= 4 is 26.6 Å². The van der Waals surface area contributed by atoms with Crippen molar-refractivity contribution in [3.8, 4) is 0 Å². The normalized spacial score (nSPS) is 20.3. The topological polar surface area (TPSA) is 95.4 Å². The first kappa shape index (κ1) is 13.4. The van der Waals surface area contributed by atoms with Crippen molar-refractivity contribution in [2.45, 2.75) is 30.6 Å². The monoisotopic (exact) mass is 296 g/mol. The Kier molecular flexibility index (Phi) is 3.39. The van der Waals surface area contributed by atoms with Gasteiger partial charge in [0.05, 0.1) is 11.9 Å². The van der Waals surface area contributed by atoms with E-state index in [0.29, 0.717) is 23.4 Å². The molecule has 3 rings (SSSR count). The molecule has 2 N–H and O–H groups in total. The van der Waals surface area contributed by atoms with Crippen molar-refractivity contribution in [1.82, 2.24) is 4.98 Å². The molecule has 1 aliphatic heterocycles. The number of oxazole rings is 1. The Morgan fingerprint density at radius 1 is 1.35 bits per heavy atom. The van der Waals surface area contributed by atoms with Crippen LogP contribution in [0, 0.1) is 0 Å². The van der Waals surface area contributed by atoms with Crippen molar-refractivity contribution < 1.29 is 17.6 Å². The lowest BCUT2D eigenvalue weighted by atomic mass is 10.1. The summed E-state index contributed by atoms with van der Waals surface area (Å²) in [6, 6.07) is 4.86. The van der Waals surface area contributed by atoms with Crippen LogP contribution in [0.4, 0.5) is 5.69 Å². The molecule has 1 aromatic heterocycles. The SMILES string of the molecule is Nc1ccc2oc(S(=O)(=O)CC3CCCCO3)nc2c1. The zero-order chi connectivity index (χ0) is 14.2. The van der Waals surface area contributed by atoms with Gasteiger partial charge >= 0.3 is 5.22 Å². The lowest BCUT2D eigenvalue weighted by molar-refractivity contribution is 0.0303. The third kappa shape index (κ3) is 2.64. The molecule has 0 amide bonds. The van der Waals surface area contributed by atoms with E-state index in [4.69, 9.17) is 14.9 Å². The van der Waals surface area contributed by atoms with Crippen molar-refractivity contribution in [3.63, 3.8) is 0 Å². The van der Waals surface area contributed by atoms with Crippen LogP contribution in [0.1, 0.15) is 19.3 Å². The molecule has 7 heteroatoms. The van der Waals surface area contributed by atoms with Gasteiger partial charge in [-0.2, -0.15) is 4.98 Å². The highest BCUT2D eigenvalue weighted by atomic mass is 32.2. The van der Waals surface area contributed by atoms with Crippen LogP contribution in [-0.2, 0) is 14.6 Å². The number of nitrogens with zero attached hydrogens (tertiary/aromatic N) is 1. The molecule has 108 valence electrons. The van der Waals surface area contributed by atoms with E-state index in [2.05, 4.69) is 4.98 Å². The first-order valence-corrected chi connectivity index (χ1v) is 8.20. The third-order valence-corrected chi connectivity index (χ3v) is 4.85. The van der Waals surface area contributed by atoms with Crippen molar-refractivity contribution in [2.24, 2.45) is 0 Å². The Bertz CT molecular complexity index is 717. The van der Waals surface area contributed by atoms with E-state index in [1.54, 1.807) is 18.2 Å². The Balaban J connectivity index is 1.88. The van der Waals surface area contributed by atoms with E-state index in [1.165, 1.54) is 0 Å². The number of nitrogen functional groups attached to an aromatic ring is 1. The van der Waals surface area contributed by atoms with Gasteiger partial charge < -0.3 is 14.9 Å². The Labute approximate surface area is 116 Å². The first-order valence-electron chi connectivity index (χ1n) is 6.55. The highest BCUT2D eigenvalue weighted by Gasteiger charge is 2.28. The number of rotatable bonds is 3. The number of nitrogens with two attached hydrogens (primary N) is 1. The third-order valence-electron chi connectivity index (χ3n) is 3.34. The second-order valence-electron chi connectivity index (χ2n) is 4.98. The summed E-state index contributed by atoms with van der Waals surface area (Å²) in [6.45, 7) is 0.615. The number of benzene rings is 1. The minimum Gasteiger partial charge on any atom is -0.428 e. The van der Waals surface area contributed by atoms with E-state index in [-0.39, 0.29) is 17.1 Å². The van der Waals surface area contributed by atoms with Crippen LogP contribution in [0.5, 0.6) is 0 Å². The fourth-order valence-corrected chi connectivity index (χ4v) is 3.66. The van der Waals surface area contributed by atoms with Crippen molar-refractivity contribution in [2.75, 3.05) is 18.1 Å². The second kappa shape index (κ2) is 5.06. The van der Waals surface area contributed by atoms with Gasteiger partial charge in [0.15, 0.2) is 5.58 Å². The molecule has 2 heterocycles.